The molecule has 88 valence electrons. The Bertz CT molecular complexity index is 719. The average molecular weight is 240 g/mol. The maximum atomic E-state index is 13.2. The molecule has 0 aliphatic heterocycles. The van der Waals surface area contributed by atoms with E-state index in [2.05, 4.69) is 9.97 Å². The molecule has 0 fully saturated rings. The molecule has 3 rings (SSSR count). The van der Waals surface area contributed by atoms with Gasteiger partial charge in [-0.25, -0.2) is 4.39 Å². The summed E-state index contributed by atoms with van der Waals surface area (Å²) >= 11 is 0. The first kappa shape index (κ1) is 10.7. The van der Waals surface area contributed by atoms with Gasteiger partial charge in [-0.15, -0.1) is 0 Å². The third-order valence-corrected chi connectivity index (χ3v) is 2.81. The smallest absolute Gasteiger partial charge is 0.196 e. The molecule has 0 aliphatic carbocycles. The van der Waals surface area contributed by atoms with E-state index in [1.165, 1.54) is 18.3 Å². The van der Waals surface area contributed by atoms with Gasteiger partial charge in [0.15, 0.2) is 5.78 Å². The van der Waals surface area contributed by atoms with Crippen LogP contribution in [0.3, 0.4) is 0 Å². The largest absolute Gasteiger partial charge is 0.360 e. The quantitative estimate of drug-likeness (QED) is 0.700. The molecular weight excluding hydrogens is 231 g/mol. The summed E-state index contributed by atoms with van der Waals surface area (Å²) in [7, 11) is 0. The highest BCUT2D eigenvalue weighted by molar-refractivity contribution is 6.16. The minimum atomic E-state index is -0.359. The number of carbonyl (C=O) groups excluding carboxylic acids is 1. The summed E-state index contributed by atoms with van der Waals surface area (Å²) in [6, 6.07) is 7.72. The second-order valence-electron chi connectivity index (χ2n) is 3.96. The van der Waals surface area contributed by atoms with Gasteiger partial charge in [-0.3, -0.25) is 9.78 Å². The molecule has 1 N–H and O–H groups in total. The number of fused-ring (bicyclic) bond motifs is 1. The van der Waals surface area contributed by atoms with Crippen molar-refractivity contribution in [1.82, 2.24) is 9.97 Å². The van der Waals surface area contributed by atoms with Crippen molar-refractivity contribution in [1.29, 1.82) is 0 Å². The van der Waals surface area contributed by atoms with Crippen molar-refractivity contribution in [3.63, 3.8) is 0 Å². The van der Waals surface area contributed by atoms with E-state index in [0.29, 0.717) is 16.5 Å². The molecule has 3 aromatic rings. The zero-order valence-electron chi connectivity index (χ0n) is 9.35. The molecule has 0 spiro atoms. The van der Waals surface area contributed by atoms with E-state index in [9.17, 15) is 9.18 Å². The standard InChI is InChI=1S/C14H9FN2O/c15-10-3-4-13-11(6-10)12(8-17-13)14(18)9-2-1-5-16-7-9/h1-8,17H. The molecule has 0 saturated heterocycles. The number of rotatable bonds is 2. The van der Waals surface area contributed by atoms with Gasteiger partial charge < -0.3 is 4.98 Å². The Morgan fingerprint density at radius 1 is 1.28 bits per heavy atom. The van der Waals surface area contributed by atoms with Crippen LogP contribution in [0.25, 0.3) is 10.9 Å². The summed E-state index contributed by atoms with van der Waals surface area (Å²) in [5.74, 6) is -0.526. The lowest BCUT2D eigenvalue weighted by Crippen LogP contribution is -2.00. The van der Waals surface area contributed by atoms with E-state index in [0.717, 1.165) is 5.52 Å². The average Bonchev–Trinajstić information content (AvgIpc) is 2.82. The van der Waals surface area contributed by atoms with Gasteiger partial charge in [-0.2, -0.15) is 0 Å². The van der Waals surface area contributed by atoms with E-state index in [-0.39, 0.29) is 11.6 Å². The lowest BCUT2D eigenvalue weighted by atomic mass is 10.0. The maximum Gasteiger partial charge on any atom is 0.196 e. The monoisotopic (exact) mass is 240 g/mol. The van der Waals surface area contributed by atoms with Crippen LogP contribution in [0.1, 0.15) is 15.9 Å². The van der Waals surface area contributed by atoms with E-state index in [1.807, 2.05) is 0 Å². The van der Waals surface area contributed by atoms with Crippen LogP contribution in [-0.4, -0.2) is 15.8 Å². The SMILES string of the molecule is O=C(c1cccnc1)c1c[nH]c2ccc(F)cc12. The summed E-state index contributed by atoms with van der Waals surface area (Å²) in [6.45, 7) is 0. The highest BCUT2D eigenvalue weighted by Crippen LogP contribution is 2.21. The molecule has 0 atom stereocenters. The molecule has 4 heteroatoms. The van der Waals surface area contributed by atoms with Crippen molar-refractivity contribution >= 4 is 16.7 Å². The lowest BCUT2D eigenvalue weighted by molar-refractivity contribution is 0.104. The van der Waals surface area contributed by atoms with E-state index in [1.54, 1.807) is 30.6 Å². The Morgan fingerprint density at radius 3 is 2.94 bits per heavy atom. The van der Waals surface area contributed by atoms with Gasteiger partial charge in [0.05, 0.1) is 0 Å². The second-order valence-corrected chi connectivity index (χ2v) is 3.96. The number of carbonyl (C=O) groups is 1. The van der Waals surface area contributed by atoms with Gasteiger partial charge in [-0.1, -0.05) is 0 Å². The predicted octanol–water partition coefficient (Wildman–Crippen LogP) is 2.93. The van der Waals surface area contributed by atoms with Crippen LogP contribution in [0.4, 0.5) is 4.39 Å². The Kier molecular flexibility index (Phi) is 2.41. The highest BCUT2D eigenvalue weighted by Gasteiger charge is 2.14. The number of aromatic amines is 1. The van der Waals surface area contributed by atoms with Crippen LogP contribution in [0.5, 0.6) is 0 Å². The van der Waals surface area contributed by atoms with Crippen molar-refractivity contribution < 1.29 is 9.18 Å². The van der Waals surface area contributed by atoms with Gasteiger partial charge in [0, 0.05) is 40.6 Å². The maximum absolute atomic E-state index is 13.2. The molecule has 0 saturated carbocycles. The van der Waals surface area contributed by atoms with Crippen LogP contribution in [0.2, 0.25) is 0 Å². The van der Waals surface area contributed by atoms with Gasteiger partial charge in [0.2, 0.25) is 0 Å². The molecule has 2 heterocycles. The number of hydrogen-bond donors (Lipinski definition) is 1. The molecule has 3 nitrogen and oxygen atoms in total. The fraction of sp³-hybridized carbons (Fsp3) is 0. The molecule has 0 amide bonds. The minimum Gasteiger partial charge on any atom is -0.360 e. The molecule has 0 bridgehead atoms. The molecule has 0 aliphatic rings. The molecule has 0 unspecified atom stereocenters. The van der Waals surface area contributed by atoms with E-state index >= 15 is 0 Å². The number of benzene rings is 1. The van der Waals surface area contributed by atoms with Crippen LogP contribution in [0.15, 0.2) is 48.9 Å². The van der Waals surface area contributed by atoms with Crippen LogP contribution < -0.4 is 0 Å². The van der Waals surface area contributed by atoms with Crippen molar-refractivity contribution in [3.8, 4) is 0 Å². The fourth-order valence-electron chi connectivity index (χ4n) is 1.93. The molecule has 0 radical (unpaired) electrons. The summed E-state index contributed by atoms with van der Waals surface area (Å²) in [4.78, 5) is 19.1. The summed E-state index contributed by atoms with van der Waals surface area (Å²) in [5.41, 5.74) is 1.68. The van der Waals surface area contributed by atoms with Crippen LogP contribution in [0, 0.1) is 5.82 Å². The Hall–Kier alpha value is -2.49. The molecule has 2 aromatic heterocycles. The number of hydrogen-bond acceptors (Lipinski definition) is 2. The van der Waals surface area contributed by atoms with Gasteiger partial charge in [0.1, 0.15) is 5.82 Å². The van der Waals surface area contributed by atoms with E-state index < -0.39 is 0 Å². The summed E-state index contributed by atoms with van der Waals surface area (Å²) in [5, 5.41) is 0.587. The Balaban J connectivity index is 2.15. The van der Waals surface area contributed by atoms with Gasteiger partial charge in [0.25, 0.3) is 0 Å². The number of nitrogens with zero attached hydrogens (tertiary/aromatic N) is 1. The molecule has 1 aromatic carbocycles. The molecular formula is C14H9FN2O. The number of aromatic nitrogens is 2. The number of nitrogens with one attached hydrogen (secondary N) is 1. The summed E-state index contributed by atoms with van der Waals surface area (Å²) < 4.78 is 13.2. The van der Waals surface area contributed by atoms with Crippen LogP contribution >= 0.6 is 0 Å². The highest BCUT2D eigenvalue weighted by atomic mass is 19.1. The third-order valence-electron chi connectivity index (χ3n) is 2.81. The fourth-order valence-corrected chi connectivity index (χ4v) is 1.93. The Labute approximate surface area is 102 Å². The first-order valence-corrected chi connectivity index (χ1v) is 5.47. The minimum absolute atomic E-state index is 0.167. The zero-order valence-corrected chi connectivity index (χ0v) is 9.35. The number of ketones is 1. The Morgan fingerprint density at radius 2 is 2.17 bits per heavy atom. The van der Waals surface area contributed by atoms with Gasteiger partial charge in [-0.05, 0) is 30.3 Å². The topological polar surface area (TPSA) is 45.8 Å². The first-order chi connectivity index (χ1) is 8.75. The first-order valence-electron chi connectivity index (χ1n) is 5.47. The van der Waals surface area contributed by atoms with Crippen molar-refractivity contribution in [2.45, 2.75) is 0 Å². The van der Waals surface area contributed by atoms with Crippen molar-refractivity contribution in [2.24, 2.45) is 0 Å². The third kappa shape index (κ3) is 1.68. The second kappa shape index (κ2) is 4.07. The van der Waals surface area contributed by atoms with Gasteiger partial charge >= 0.3 is 0 Å². The lowest BCUT2D eigenvalue weighted by Gasteiger charge is -1.98. The number of pyridine rings is 1. The van der Waals surface area contributed by atoms with Crippen molar-refractivity contribution in [3.05, 3.63) is 65.9 Å². The summed E-state index contributed by atoms with van der Waals surface area (Å²) in [6.07, 6.45) is 4.70. The molecule has 18 heavy (non-hydrogen) atoms. The zero-order chi connectivity index (χ0) is 12.5. The number of halogens is 1. The van der Waals surface area contributed by atoms with Crippen LogP contribution in [-0.2, 0) is 0 Å². The van der Waals surface area contributed by atoms with E-state index in [4.69, 9.17) is 0 Å². The number of H-pyrrole nitrogens is 1. The van der Waals surface area contributed by atoms with Crippen molar-refractivity contribution in [2.75, 3.05) is 0 Å². The normalized spacial score (nSPS) is 10.7. The predicted molar refractivity (Wildman–Crippen MR) is 65.9 cm³/mol.